The van der Waals surface area contributed by atoms with E-state index in [2.05, 4.69) is 26.8 Å². The summed E-state index contributed by atoms with van der Waals surface area (Å²) in [6, 6.07) is 2.75. The van der Waals surface area contributed by atoms with Crippen molar-refractivity contribution < 1.29 is 4.74 Å². The van der Waals surface area contributed by atoms with Crippen molar-refractivity contribution in [3.63, 3.8) is 0 Å². The molecule has 116 valence electrons. The Morgan fingerprint density at radius 3 is 2.90 bits per heavy atom. The second-order valence-corrected chi connectivity index (χ2v) is 6.38. The molecule has 3 rings (SSSR count). The van der Waals surface area contributed by atoms with Gasteiger partial charge in [0.25, 0.3) is 0 Å². The summed E-state index contributed by atoms with van der Waals surface area (Å²) in [5.74, 6) is 0.544. The zero-order valence-corrected chi connectivity index (χ0v) is 12.9. The van der Waals surface area contributed by atoms with E-state index in [-0.39, 0.29) is 0 Å². The Balaban J connectivity index is 1.58. The number of rotatable bonds is 3. The maximum Gasteiger partial charge on any atom is 0.115 e. The summed E-state index contributed by atoms with van der Waals surface area (Å²) < 4.78 is 5.83. The molecular formula is C16H26N4O. The van der Waals surface area contributed by atoms with Crippen LogP contribution in [0.5, 0.6) is 0 Å². The van der Waals surface area contributed by atoms with E-state index in [4.69, 9.17) is 4.74 Å². The summed E-state index contributed by atoms with van der Waals surface area (Å²) in [5.41, 5.74) is 1.13. The molecule has 0 radical (unpaired) electrons. The zero-order chi connectivity index (χ0) is 14.5. The van der Waals surface area contributed by atoms with Gasteiger partial charge in [-0.3, -0.25) is 4.90 Å². The molecule has 0 spiro atoms. The van der Waals surface area contributed by atoms with Crippen LogP contribution in [0.1, 0.15) is 18.5 Å². The lowest BCUT2D eigenvalue weighted by molar-refractivity contribution is 0.105. The average Bonchev–Trinajstić information content (AvgIpc) is 2.75. The summed E-state index contributed by atoms with van der Waals surface area (Å²) in [5, 5.41) is 0. The maximum absolute atomic E-state index is 5.83. The monoisotopic (exact) mass is 290 g/mol. The molecule has 5 nitrogen and oxygen atoms in total. The van der Waals surface area contributed by atoms with Crippen molar-refractivity contribution in [1.29, 1.82) is 0 Å². The fraction of sp³-hybridized carbons (Fsp3) is 0.750. The van der Waals surface area contributed by atoms with Crippen molar-refractivity contribution in [3.8, 4) is 0 Å². The third-order valence-corrected chi connectivity index (χ3v) is 4.71. The van der Waals surface area contributed by atoms with E-state index in [1.54, 1.807) is 6.33 Å². The van der Waals surface area contributed by atoms with Crippen LogP contribution in [0.25, 0.3) is 0 Å². The Morgan fingerprint density at radius 1 is 1.29 bits per heavy atom. The molecule has 1 aromatic rings. The Bertz CT molecular complexity index is 420. The van der Waals surface area contributed by atoms with Gasteiger partial charge in [0.05, 0.1) is 13.2 Å². The minimum Gasteiger partial charge on any atom is -0.380 e. The molecule has 2 fully saturated rings. The maximum atomic E-state index is 5.83. The van der Waals surface area contributed by atoms with Gasteiger partial charge in [0.15, 0.2) is 0 Å². The smallest absolute Gasteiger partial charge is 0.115 e. The number of piperidine rings is 1. The summed E-state index contributed by atoms with van der Waals surface area (Å²) in [6.07, 6.45) is 7.04. The van der Waals surface area contributed by atoms with Gasteiger partial charge >= 0.3 is 0 Å². The molecule has 21 heavy (non-hydrogen) atoms. The third kappa shape index (κ3) is 4.22. The molecule has 0 amide bonds. The van der Waals surface area contributed by atoms with Gasteiger partial charge in [0, 0.05) is 36.9 Å². The SMILES string of the molecule is CN1CCC(N2CCOC[C@@H](Cc3ccncn3)C2)CC1. The molecule has 0 aliphatic carbocycles. The van der Waals surface area contributed by atoms with Gasteiger partial charge < -0.3 is 9.64 Å². The largest absolute Gasteiger partial charge is 0.380 e. The van der Waals surface area contributed by atoms with E-state index in [0.29, 0.717) is 5.92 Å². The lowest BCUT2D eigenvalue weighted by atomic mass is 9.99. The van der Waals surface area contributed by atoms with Crippen LogP contribution in [0.15, 0.2) is 18.6 Å². The van der Waals surface area contributed by atoms with Crippen LogP contribution in [0.2, 0.25) is 0 Å². The second-order valence-electron chi connectivity index (χ2n) is 6.38. The topological polar surface area (TPSA) is 41.5 Å². The van der Waals surface area contributed by atoms with Gasteiger partial charge in [0.2, 0.25) is 0 Å². The highest BCUT2D eigenvalue weighted by molar-refractivity contribution is 4.99. The fourth-order valence-corrected chi connectivity index (χ4v) is 3.46. The van der Waals surface area contributed by atoms with Crippen LogP contribution in [0, 0.1) is 5.92 Å². The average molecular weight is 290 g/mol. The minimum atomic E-state index is 0.544. The number of nitrogens with zero attached hydrogens (tertiary/aromatic N) is 4. The van der Waals surface area contributed by atoms with Crippen LogP contribution in [-0.2, 0) is 11.2 Å². The predicted molar refractivity (Wildman–Crippen MR) is 82.1 cm³/mol. The number of aromatic nitrogens is 2. The van der Waals surface area contributed by atoms with Crippen molar-refractivity contribution in [3.05, 3.63) is 24.3 Å². The highest BCUT2D eigenvalue weighted by Crippen LogP contribution is 2.20. The molecule has 3 heterocycles. The molecule has 1 aromatic heterocycles. The number of likely N-dealkylation sites (tertiary alicyclic amines) is 1. The second kappa shape index (κ2) is 7.29. The standard InChI is InChI=1S/C16H26N4O/c1-19-6-3-16(4-7-19)20-8-9-21-12-14(11-20)10-15-2-5-17-13-18-15/h2,5,13-14,16H,3-4,6-12H2,1H3/t14-/m0/s1. The molecular weight excluding hydrogens is 264 g/mol. The predicted octanol–water partition coefficient (Wildman–Crippen LogP) is 1.06. The molecule has 2 aliphatic rings. The number of hydrogen-bond acceptors (Lipinski definition) is 5. The molecule has 1 atom stereocenters. The Kier molecular flexibility index (Phi) is 5.17. The lowest BCUT2D eigenvalue weighted by Crippen LogP contribution is -2.46. The van der Waals surface area contributed by atoms with Gasteiger partial charge in [-0.2, -0.15) is 0 Å². The summed E-state index contributed by atoms with van der Waals surface area (Å²) in [6.45, 7) is 6.38. The van der Waals surface area contributed by atoms with Gasteiger partial charge in [-0.25, -0.2) is 9.97 Å². The van der Waals surface area contributed by atoms with E-state index >= 15 is 0 Å². The van der Waals surface area contributed by atoms with Crippen LogP contribution >= 0.6 is 0 Å². The first-order valence-electron chi connectivity index (χ1n) is 8.06. The summed E-state index contributed by atoms with van der Waals surface area (Å²) in [4.78, 5) is 13.4. The normalized spacial score (nSPS) is 26.6. The summed E-state index contributed by atoms with van der Waals surface area (Å²) in [7, 11) is 2.22. The number of ether oxygens (including phenoxy) is 1. The third-order valence-electron chi connectivity index (χ3n) is 4.71. The molecule has 2 aliphatic heterocycles. The van der Waals surface area contributed by atoms with Crippen molar-refractivity contribution >= 4 is 0 Å². The van der Waals surface area contributed by atoms with Crippen LogP contribution in [0.3, 0.4) is 0 Å². The van der Waals surface area contributed by atoms with E-state index in [0.717, 1.165) is 44.5 Å². The van der Waals surface area contributed by atoms with Gasteiger partial charge in [-0.15, -0.1) is 0 Å². The van der Waals surface area contributed by atoms with E-state index < -0.39 is 0 Å². The lowest BCUT2D eigenvalue weighted by Gasteiger charge is -2.37. The van der Waals surface area contributed by atoms with Crippen LogP contribution in [0.4, 0.5) is 0 Å². The van der Waals surface area contributed by atoms with Gasteiger partial charge in [-0.1, -0.05) is 0 Å². The quantitative estimate of drug-likeness (QED) is 0.833. The molecule has 0 saturated carbocycles. The van der Waals surface area contributed by atoms with Crippen molar-refractivity contribution in [2.75, 3.05) is 46.4 Å². The minimum absolute atomic E-state index is 0.544. The van der Waals surface area contributed by atoms with Crippen molar-refractivity contribution in [1.82, 2.24) is 19.8 Å². The fourth-order valence-electron chi connectivity index (χ4n) is 3.46. The van der Waals surface area contributed by atoms with E-state index in [1.165, 1.54) is 25.9 Å². The Labute approximate surface area is 127 Å². The molecule has 5 heteroatoms. The molecule has 0 unspecified atom stereocenters. The highest BCUT2D eigenvalue weighted by Gasteiger charge is 2.27. The highest BCUT2D eigenvalue weighted by atomic mass is 16.5. The van der Waals surface area contributed by atoms with Crippen molar-refractivity contribution in [2.45, 2.75) is 25.3 Å². The zero-order valence-electron chi connectivity index (χ0n) is 12.9. The van der Waals surface area contributed by atoms with Crippen LogP contribution < -0.4 is 0 Å². The Morgan fingerprint density at radius 2 is 2.14 bits per heavy atom. The first-order valence-corrected chi connectivity index (χ1v) is 8.06. The molecule has 0 aromatic carbocycles. The first kappa shape index (κ1) is 14.9. The molecule has 2 saturated heterocycles. The van der Waals surface area contributed by atoms with Crippen LogP contribution in [-0.4, -0.2) is 72.3 Å². The first-order chi connectivity index (χ1) is 10.3. The summed E-state index contributed by atoms with van der Waals surface area (Å²) >= 11 is 0. The number of hydrogen-bond donors (Lipinski definition) is 0. The van der Waals surface area contributed by atoms with Crippen molar-refractivity contribution in [2.24, 2.45) is 5.92 Å². The van der Waals surface area contributed by atoms with E-state index in [9.17, 15) is 0 Å². The van der Waals surface area contributed by atoms with Gasteiger partial charge in [0.1, 0.15) is 6.33 Å². The molecule has 0 bridgehead atoms. The molecule has 0 N–H and O–H groups in total. The van der Waals surface area contributed by atoms with Gasteiger partial charge in [-0.05, 0) is 45.5 Å². The Hall–Kier alpha value is -1.04. The van der Waals surface area contributed by atoms with E-state index in [1.807, 2.05) is 12.3 Å².